The molecule has 3 rings (SSSR count). The van der Waals surface area contributed by atoms with Gasteiger partial charge >= 0.3 is 0 Å². The highest BCUT2D eigenvalue weighted by atomic mass is 16.3. The van der Waals surface area contributed by atoms with E-state index in [0.29, 0.717) is 0 Å². The van der Waals surface area contributed by atoms with Crippen molar-refractivity contribution in [3.05, 3.63) is 42.4 Å². The Balaban J connectivity index is 2.17. The summed E-state index contributed by atoms with van der Waals surface area (Å²) < 4.78 is 2.08. The van der Waals surface area contributed by atoms with Gasteiger partial charge < -0.3 is 9.67 Å². The second kappa shape index (κ2) is 3.70. The fraction of sp³-hybridized carbons (Fsp3) is 0.357. The van der Waals surface area contributed by atoms with E-state index >= 15 is 0 Å². The number of rotatable bonds is 2. The van der Waals surface area contributed by atoms with Crippen LogP contribution in [0.15, 0.2) is 36.8 Å². The zero-order valence-electron chi connectivity index (χ0n) is 10.0. The van der Waals surface area contributed by atoms with Gasteiger partial charge in [-0.3, -0.25) is 0 Å². The molecule has 0 unspecified atom stereocenters. The fourth-order valence-electron chi connectivity index (χ4n) is 2.59. The van der Waals surface area contributed by atoms with Crippen molar-refractivity contribution in [1.29, 1.82) is 0 Å². The Hall–Kier alpha value is -1.61. The Morgan fingerprint density at radius 2 is 2.06 bits per heavy atom. The van der Waals surface area contributed by atoms with E-state index in [-0.39, 0.29) is 18.1 Å². The number of benzene rings is 1. The van der Waals surface area contributed by atoms with Gasteiger partial charge in [-0.2, -0.15) is 0 Å². The lowest BCUT2D eigenvalue weighted by Crippen LogP contribution is -2.27. The minimum atomic E-state index is -0.383. The molecular formula is C14H16N2O. The Bertz CT molecular complexity index is 545. The van der Waals surface area contributed by atoms with Crippen LogP contribution in [0.2, 0.25) is 0 Å². The van der Waals surface area contributed by atoms with Gasteiger partial charge in [-0.15, -0.1) is 0 Å². The molecule has 0 fully saturated rings. The molecule has 0 radical (unpaired) electrons. The van der Waals surface area contributed by atoms with Crippen molar-refractivity contribution in [2.24, 2.45) is 5.92 Å². The second-order valence-electron chi connectivity index (χ2n) is 4.95. The third-order valence-corrected chi connectivity index (χ3v) is 3.53. The van der Waals surface area contributed by atoms with Crippen molar-refractivity contribution in [2.45, 2.75) is 26.0 Å². The quantitative estimate of drug-likeness (QED) is 0.857. The standard InChI is InChI=1S/C14H16N2O/c1-9(2)14(17)13-11-6-4-3-5-10(11)12-7-15-8-16(12)13/h3-9,13-14,17H,1-2H3/t13-,14-/m1/s1. The molecule has 17 heavy (non-hydrogen) atoms. The first-order chi connectivity index (χ1) is 8.20. The van der Waals surface area contributed by atoms with Crippen molar-refractivity contribution in [3.63, 3.8) is 0 Å². The smallest absolute Gasteiger partial charge is 0.0957 e. The lowest BCUT2D eigenvalue weighted by molar-refractivity contribution is 0.0880. The molecule has 2 aromatic rings. The van der Waals surface area contributed by atoms with Gasteiger partial charge in [-0.1, -0.05) is 38.1 Å². The van der Waals surface area contributed by atoms with Crippen LogP contribution in [0.4, 0.5) is 0 Å². The molecule has 1 N–H and O–H groups in total. The molecule has 1 aromatic heterocycles. The van der Waals surface area contributed by atoms with Gasteiger partial charge in [0.25, 0.3) is 0 Å². The van der Waals surface area contributed by atoms with Crippen LogP contribution >= 0.6 is 0 Å². The first kappa shape index (κ1) is 10.5. The number of nitrogens with zero attached hydrogens (tertiary/aromatic N) is 2. The predicted molar refractivity (Wildman–Crippen MR) is 66.6 cm³/mol. The van der Waals surface area contributed by atoms with E-state index in [2.05, 4.69) is 21.7 Å². The zero-order valence-corrected chi connectivity index (χ0v) is 10.0. The number of aliphatic hydroxyl groups is 1. The van der Waals surface area contributed by atoms with E-state index in [1.54, 1.807) is 0 Å². The fourth-order valence-corrected chi connectivity index (χ4v) is 2.59. The monoisotopic (exact) mass is 228 g/mol. The number of hydrogen-bond donors (Lipinski definition) is 1. The summed E-state index contributed by atoms with van der Waals surface area (Å²) in [7, 11) is 0. The molecule has 3 nitrogen and oxygen atoms in total. The molecule has 2 heterocycles. The molecule has 0 saturated carbocycles. The van der Waals surface area contributed by atoms with E-state index in [4.69, 9.17) is 0 Å². The number of fused-ring (bicyclic) bond motifs is 3. The molecule has 1 aliphatic heterocycles. The van der Waals surface area contributed by atoms with Crippen LogP contribution in [0.5, 0.6) is 0 Å². The molecule has 1 aliphatic rings. The van der Waals surface area contributed by atoms with Gasteiger partial charge in [0.05, 0.1) is 30.4 Å². The van der Waals surface area contributed by atoms with E-state index in [9.17, 15) is 5.11 Å². The van der Waals surface area contributed by atoms with Crippen molar-refractivity contribution >= 4 is 0 Å². The number of aliphatic hydroxyl groups excluding tert-OH is 1. The average molecular weight is 228 g/mol. The third kappa shape index (κ3) is 1.42. The van der Waals surface area contributed by atoms with Crippen LogP contribution in [0, 0.1) is 5.92 Å². The summed E-state index contributed by atoms with van der Waals surface area (Å²) in [4.78, 5) is 4.19. The summed E-state index contributed by atoms with van der Waals surface area (Å²) in [6, 6.07) is 8.25. The van der Waals surface area contributed by atoms with Crippen LogP contribution in [-0.2, 0) is 0 Å². The van der Waals surface area contributed by atoms with Gasteiger partial charge in [-0.05, 0) is 11.5 Å². The summed E-state index contributed by atoms with van der Waals surface area (Å²) in [5, 5.41) is 10.4. The molecule has 0 bridgehead atoms. The highest BCUT2D eigenvalue weighted by molar-refractivity contribution is 5.69. The normalized spacial score (nSPS) is 19.2. The topological polar surface area (TPSA) is 38.1 Å². The van der Waals surface area contributed by atoms with Crippen LogP contribution in [0.3, 0.4) is 0 Å². The average Bonchev–Trinajstić information content (AvgIpc) is 2.87. The number of hydrogen-bond acceptors (Lipinski definition) is 2. The molecule has 0 saturated heterocycles. The van der Waals surface area contributed by atoms with Gasteiger partial charge in [-0.25, -0.2) is 4.98 Å². The van der Waals surface area contributed by atoms with Gasteiger partial charge in [0.2, 0.25) is 0 Å². The van der Waals surface area contributed by atoms with Crippen LogP contribution < -0.4 is 0 Å². The van der Waals surface area contributed by atoms with Crippen LogP contribution in [0.1, 0.15) is 25.5 Å². The minimum Gasteiger partial charge on any atom is -0.390 e. The lowest BCUT2D eigenvalue weighted by Gasteiger charge is -2.24. The molecule has 88 valence electrons. The Labute approximate surface area is 101 Å². The summed E-state index contributed by atoms with van der Waals surface area (Å²) in [6.07, 6.45) is 3.30. The maximum absolute atomic E-state index is 10.4. The summed E-state index contributed by atoms with van der Waals surface area (Å²) >= 11 is 0. The Kier molecular flexibility index (Phi) is 2.30. The Morgan fingerprint density at radius 3 is 2.82 bits per heavy atom. The number of aromatic nitrogens is 2. The Morgan fingerprint density at radius 1 is 1.29 bits per heavy atom. The van der Waals surface area contributed by atoms with E-state index < -0.39 is 0 Å². The summed E-state index contributed by atoms with van der Waals surface area (Å²) in [6.45, 7) is 4.09. The predicted octanol–water partition coefficient (Wildman–Crippen LogP) is 2.47. The van der Waals surface area contributed by atoms with E-state index in [0.717, 1.165) is 5.69 Å². The third-order valence-electron chi connectivity index (χ3n) is 3.53. The van der Waals surface area contributed by atoms with Crippen molar-refractivity contribution in [1.82, 2.24) is 9.55 Å². The molecule has 0 amide bonds. The minimum absolute atomic E-state index is 0.00343. The molecule has 0 aliphatic carbocycles. The lowest BCUT2D eigenvalue weighted by atomic mass is 9.93. The van der Waals surface area contributed by atoms with Gasteiger partial charge in [0.15, 0.2) is 0 Å². The van der Waals surface area contributed by atoms with Crippen molar-refractivity contribution in [2.75, 3.05) is 0 Å². The van der Waals surface area contributed by atoms with Gasteiger partial charge in [0.1, 0.15) is 0 Å². The molecule has 1 aromatic carbocycles. The van der Waals surface area contributed by atoms with Crippen molar-refractivity contribution in [3.8, 4) is 11.3 Å². The van der Waals surface area contributed by atoms with Crippen molar-refractivity contribution < 1.29 is 5.11 Å². The SMILES string of the molecule is CC(C)[C@@H](O)[C@H]1c2ccccc2-c2cncn21. The highest BCUT2D eigenvalue weighted by Gasteiger charge is 2.34. The highest BCUT2D eigenvalue weighted by Crippen LogP contribution is 2.41. The van der Waals surface area contributed by atoms with Crippen LogP contribution in [0.25, 0.3) is 11.3 Å². The maximum atomic E-state index is 10.4. The molecular weight excluding hydrogens is 212 g/mol. The second-order valence-corrected chi connectivity index (χ2v) is 4.95. The first-order valence-corrected chi connectivity index (χ1v) is 5.99. The zero-order chi connectivity index (χ0) is 12.0. The molecule has 2 atom stereocenters. The van der Waals surface area contributed by atoms with E-state index in [1.165, 1.54) is 11.1 Å². The summed E-state index contributed by atoms with van der Waals surface area (Å²) in [5.74, 6) is 0.224. The largest absolute Gasteiger partial charge is 0.390 e. The van der Waals surface area contributed by atoms with E-state index in [1.807, 2.05) is 38.5 Å². The van der Waals surface area contributed by atoms with Crippen LogP contribution in [-0.4, -0.2) is 20.8 Å². The molecule has 3 heteroatoms. The first-order valence-electron chi connectivity index (χ1n) is 5.99. The number of imidazole rings is 1. The molecule has 0 spiro atoms. The summed E-state index contributed by atoms with van der Waals surface area (Å²) in [5.41, 5.74) is 3.49. The maximum Gasteiger partial charge on any atom is 0.0957 e. The van der Waals surface area contributed by atoms with Gasteiger partial charge in [0, 0.05) is 5.56 Å².